The van der Waals surface area contributed by atoms with Crippen LogP contribution in [0.15, 0.2) is 24.3 Å². The summed E-state index contributed by atoms with van der Waals surface area (Å²) in [4.78, 5) is 21.8. The van der Waals surface area contributed by atoms with Crippen molar-refractivity contribution in [2.24, 2.45) is 0 Å². The molecule has 0 aliphatic heterocycles. The van der Waals surface area contributed by atoms with Gasteiger partial charge in [-0.1, -0.05) is 0 Å². The Labute approximate surface area is 102 Å². The predicted molar refractivity (Wildman–Crippen MR) is 66.5 cm³/mol. The van der Waals surface area contributed by atoms with Gasteiger partial charge in [0.1, 0.15) is 12.0 Å². The van der Waals surface area contributed by atoms with Crippen molar-refractivity contribution in [3.63, 3.8) is 0 Å². The molecule has 0 saturated heterocycles. The Kier molecular flexibility index (Phi) is 5.40. The van der Waals surface area contributed by atoms with E-state index >= 15 is 0 Å². The Bertz CT molecular complexity index is 366. The Morgan fingerprint density at radius 1 is 1.29 bits per heavy atom. The molecule has 0 amide bonds. The van der Waals surface area contributed by atoms with Crippen LogP contribution < -0.4 is 4.74 Å². The third-order valence-corrected chi connectivity index (χ3v) is 2.27. The molecule has 3 nitrogen and oxygen atoms in total. The minimum atomic E-state index is 0.0722. The summed E-state index contributed by atoms with van der Waals surface area (Å²) in [6, 6.07) is 7.13. The molecule has 0 atom stereocenters. The molecule has 0 fully saturated rings. The van der Waals surface area contributed by atoms with Gasteiger partial charge in [-0.05, 0) is 44.5 Å². The second-order valence-electron chi connectivity index (χ2n) is 4.17. The van der Waals surface area contributed by atoms with E-state index in [0.717, 1.165) is 12.0 Å². The van der Waals surface area contributed by atoms with Crippen molar-refractivity contribution in [2.45, 2.75) is 39.2 Å². The van der Waals surface area contributed by atoms with Crippen molar-refractivity contribution in [3.8, 4) is 5.75 Å². The Hall–Kier alpha value is -1.64. The summed E-state index contributed by atoms with van der Waals surface area (Å²) in [6.07, 6.45) is 2.45. The van der Waals surface area contributed by atoms with Gasteiger partial charge in [-0.3, -0.25) is 4.79 Å². The van der Waals surface area contributed by atoms with E-state index in [1.165, 1.54) is 0 Å². The van der Waals surface area contributed by atoms with Crippen LogP contribution in [0.25, 0.3) is 0 Å². The van der Waals surface area contributed by atoms with Crippen LogP contribution >= 0.6 is 0 Å². The minimum Gasteiger partial charge on any atom is -0.491 e. The van der Waals surface area contributed by atoms with Gasteiger partial charge in [0.25, 0.3) is 0 Å². The zero-order valence-electron chi connectivity index (χ0n) is 10.3. The van der Waals surface area contributed by atoms with Crippen LogP contribution in [0.2, 0.25) is 0 Å². The van der Waals surface area contributed by atoms with E-state index in [1.54, 1.807) is 24.3 Å². The van der Waals surface area contributed by atoms with Gasteiger partial charge in [0.2, 0.25) is 0 Å². The van der Waals surface area contributed by atoms with Crippen molar-refractivity contribution in [1.29, 1.82) is 0 Å². The van der Waals surface area contributed by atoms with Gasteiger partial charge in [0.05, 0.1) is 6.10 Å². The van der Waals surface area contributed by atoms with Crippen molar-refractivity contribution in [2.75, 3.05) is 0 Å². The van der Waals surface area contributed by atoms with E-state index in [0.29, 0.717) is 24.8 Å². The summed E-state index contributed by atoms with van der Waals surface area (Å²) in [5, 5.41) is 0. The highest BCUT2D eigenvalue weighted by Gasteiger charge is 2.05. The molecule has 92 valence electrons. The van der Waals surface area contributed by atoms with Crippen LogP contribution in [0.5, 0.6) is 5.75 Å². The molecule has 1 aromatic carbocycles. The Balaban J connectivity index is 2.54. The van der Waals surface area contributed by atoms with Crippen LogP contribution in [0.4, 0.5) is 0 Å². The molecule has 0 aromatic heterocycles. The highest BCUT2D eigenvalue weighted by Crippen LogP contribution is 2.15. The second-order valence-corrected chi connectivity index (χ2v) is 4.17. The van der Waals surface area contributed by atoms with Crippen LogP contribution in [0.1, 0.15) is 43.5 Å². The maximum absolute atomic E-state index is 11.7. The number of ether oxygens (including phenoxy) is 1. The first-order chi connectivity index (χ1) is 8.13. The van der Waals surface area contributed by atoms with Crippen LogP contribution in [0, 0.1) is 0 Å². The summed E-state index contributed by atoms with van der Waals surface area (Å²) in [5.74, 6) is 0.840. The normalized spacial score (nSPS) is 10.3. The Morgan fingerprint density at radius 3 is 2.47 bits per heavy atom. The molecule has 0 N–H and O–H groups in total. The average Bonchev–Trinajstić information content (AvgIpc) is 2.29. The molecule has 0 heterocycles. The van der Waals surface area contributed by atoms with Crippen molar-refractivity contribution in [3.05, 3.63) is 29.8 Å². The molecular weight excluding hydrogens is 216 g/mol. The fourth-order valence-electron chi connectivity index (χ4n) is 1.48. The number of Topliss-reactive ketones (excluding diaryl/α,β-unsaturated/α-hetero) is 1. The summed E-state index contributed by atoms with van der Waals surface area (Å²) in [6.45, 7) is 3.91. The maximum atomic E-state index is 11.7. The van der Waals surface area contributed by atoms with Crippen LogP contribution in [0.3, 0.4) is 0 Å². The fraction of sp³-hybridized carbons (Fsp3) is 0.429. The van der Waals surface area contributed by atoms with E-state index in [2.05, 4.69) is 0 Å². The first-order valence-electron chi connectivity index (χ1n) is 5.87. The number of hydrogen-bond donors (Lipinski definition) is 0. The van der Waals surface area contributed by atoms with Gasteiger partial charge < -0.3 is 9.53 Å². The SMILES string of the molecule is CC(C)Oc1ccc(C(=O)CCCC=O)cc1. The molecule has 17 heavy (non-hydrogen) atoms. The van der Waals surface area contributed by atoms with Gasteiger partial charge in [-0.2, -0.15) is 0 Å². The lowest BCUT2D eigenvalue weighted by molar-refractivity contribution is -0.107. The maximum Gasteiger partial charge on any atom is 0.162 e. The average molecular weight is 234 g/mol. The molecule has 1 rings (SSSR count). The number of benzene rings is 1. The molecule has 0 radical (unpaired) electrons. The standard InChI is InChI=1S/C14H18O3/c1-11(2)17-13-8-6-12(7-9-13)14(16)5-3-4-10-15/h6-11H,3-5H2,1-2H3. The summed E-state index contributed by atoms with van der Waals surface area (Å²) in [7, 11) is 0. The van der Waals surface area contributed by atoms with Crippen molar-refractivity contribution >= 4 is 12.1 Å². The molecule has 0 aliphatic rings. The molecule has 0 spiro atoms. The summed E-state index contributed by atoms with van der Waals surface area (Å²) in [5.41, 5.74) is 0.673. The lowest BCUT2D eigenvalue weighted by atomic mass is 10.1. The number of carbonyl (C=O) groups excluding carboxylic acids is 2. The fourth-order valence-corrected chi connectivity index (χ4v) is 1.48. The Morgan fingerprint density at radius 2 is 1.94 bits per heavy atom. The zero-order chi connectivity index (χ0) is 12.7. The number of hydrogen-bond acceptors (Lipinski definition) is 3. The molecule has 1 aromatic rings. The topological polar surface area (TPSA) is 43.4 Å². The first-order valence-corrected chi connectivity index (χ1v) is 5.87. The second kappa shape index (κ2) is 6.84. The smallest absolute Gasteiger partial charge is 0.162 e. The molecule has 0 aliphatic carbocycles. The number of carbonyl (C=O) groups is 2. The molecule has 0 bridgehead atoms. The molecular formula is C14H18O3. The zero-order valence-corrected chi connectivity index (χ0v) is 10.3. The van der Waals surface area contributed by atoms with E-state index in [1.807, 2.05) is 13.8 Å². The van der Waals surface area contributed by atoms with E-state index in [9.17, 15) is 9.59 Å². The summed E-state index contributed by atoms with van der Waals surface area (Å²) < 4.78 is 5.49. The van der Waals surface area contributed by atoms with Gasteiger partial charge in [0.15, 0.2) is 5.78 Å². The minimum absolute atomic E-state index is 0.0722. The first kappa shape index (κ1) is 13.4. The van der Waals surface area contributed by atoms with Crippen molar-refractivity contribution in [1.82, 2.24) is 0 Å². The number of aldehydes is 1. The lowest BCUT2D eigenvalue weighted by Crippen LogP contribution is -2.06. The molecule has 3 heteroatoms. The summed E-state index contributed by atoms with van der Waals surface area (Å²) >= 11 is 0. The van der Waals surface area contributed by atoms with Gasteiger partial charge in [0, 0.05) is 18.4 Å². The van der Waals surface area contributed by atoms with Gasteiger partial charge >= 0.3 is 0 Å². The highest BCUT2D eigenvalue weighted by atomic mass is 16.5. The third-order valence-electron chi connectivity index (χ3n) is 2.27. The van der Waals surface area contributed by atoms with E-state index in [4.69, 9.17) is 4.74 Å². The monoisotopic (exact) mass is 234 g/mol. The number of unbranched alkanes of at least 4 members (excludes halogenated alkanes) is 1. The molecule has 0 saturated carbocycles. The van der Waals surface area contributed by atoms with E-state index < -0.39 is 0 Å². The highest BCUT2D eigenvalue weighted by molar-refractivity contribution is 5.96. The van der Waals surface area contributed by atoms with Crippen LogP contribution in [-0.4, -0.2) is 18.2 Å². The largest absolute Gasteiger partial charge is 0.491 e. The van der Waals surface area contributed by atoms with Gasteiger partial charge in [-0.25, -0.2) is 0 Å². The van der Waals surface area contributed by atoms with Crippen molar-refractivity contribution < 1.29 is 14.3 Å². The third kappa shape index (κ3) is 4.81. The number of ketones is 1. The van der Waals surface area contributed by atoms with E-state index in [-0.39, 0.29) is 11.9 Å². The molecule has 0 unspecified atom stereocenters. The van der Waals surface area contributed by atoms with Crippen LogP contribution in [-0.2, 0) is 4.79 Å². The number of rotatable bonds is 7. The quantitative estimate of drug-likeness (QED) is 0.414. The van der Waals surface area contributed by atoms with Gasteiger partial charge in [-0.15, -0.1) is 0 Å². The lowest BCUT2D eigenvalue weighted by Gasteiger charge is -2.09. The predicted octanol–water partition coefficient (Wildman–Crippen LogP) is 3.03.